The summed E-state index contributed by atoms with van der Waals surface area (Å²) in [5.41, 5.74) is 18.6. The van der Waals surface area contributed by atoms with Gasteiger partial charge >= 0.3 is 0 Å². The highest BCUT2D eigenvalue weighted by Crippen LogP contribution is 2.45. The SMILES string of the molecule is c1ccc(-c2cc(-c3ccccc3)cc(N(c3ccc(-c4ccc(-c5cccc6ccccc56)cc4)cc3)c3cccc(-c4cccc5c4c4c6ccccc6ccc4n5-c4ccccc4)c3)c2)cc1. The van der Waals surface area contributed by atoms with E-state index >= 15 is 0 Å². The summed E-state index contributed by atoms with van der Waals surface area (Å²) >= 11 is 0. The number of hydrogen-bond acceptors (Lipinski definition) is 1. The summed E-state index contributed by atoms with van der Waals surface area (Å²) in [6.45, 7) is 0. The molecule has 0 aliphatic heterocycles. The Bertz CT molecular complexity index is 3960. The predicted octanol–water partition coefficient (Wildman–Crippen LogP) is 18.9. The topological polar surface area (TPSA) is 8.17 Å². The third-order valence-electron chi connectivity index (χ3n) is 13.9. The molecule has 1 aromatic heterocycles. The van der Waals surface area contributed by atoms with Gasteiger partial charge in [-0.2, -0.15) is 0 Å². The molecule has 0 aliphatic rings. The maximum atomic E-state index is 2.43. The van der Waals surface area contributed by atoms with Gasteiger partial charge < -0.3 is 9.47 Å². The molecule has 0 fully saturated rings. The zero-order valence-corrected chi connectivity index (χ0v) is 38.5. The van der Waals surface area contributed by atoms with Gasteiger partial charge in [-0.15, -0.1) is 0 Å². The lowest BCUT2D eigenvalue weighted by atomic mass is 9.95. The first kappa shape index (κ1) is 41.0. The average Bonchev–Trinajstić information content (AvgIpc) is 3.79. The molecule has 13 rings (SSSR count). The van der Waals surface area contributed by atoms with E-state index in [1.165, 1.54) is 82.3 Å². The number of nitrogens with zero attached hydrogens (tertiary/aromatic N) is 2. The highest BCUT2D eigenvalue weighted by atomic mass is 15.1. The molecule has 0 amide bonds. The van der Waals surface area contributed by atoms with E-state index in [-0.39, 0.29) is 0 Å². The van der Waals surface area contributed by atoms with E-state index in [0.717, 1.165) is 39.4 Å². The molecule has 1 heterocycles. The molecule has 0 spiro atoms. The van der Waals surface area contributed by atoms with Crippen molar-refractivity contribution in [2.75, 3.05) is 4.90 Å². The second-order valence-corrected chi connectivity index (χ2v) is 18.1. The minimum atomic E-state index is 1.07. The van der Waals surface area contributed by atoms with Gasteiger partial charge in [0.05, 0.1) is 11.0 Å². The zero-order valence-electron chi connectivity index (χ0n) is 38.5. The summed E-state index contributed by atoms with van der Waals surface area (Å²) in [7, 11) is 0. The molecule has 70 heavy (non-hydrogen) atoms. The Kier molecular flexibility index (Phi) is 10.2. The van der Waals surface area contributed by atoms with Crippen LogP contribution in [-0.2, 0) is 0 Å². The number of fused-ring (bicyclic) bond motifs is 6. The maximum absolute atomic E-state index is 2.43. The van der Waals surface area contributed by atoms with Crippen molar-refractivity contribution in [1.29, 1.82) is 0 Å². The second-order valence-electron chi connectivity index (χ2n) is 18.1. The van der Waals surface area contributed by atoms with E-state index in [4.69, 9.17) is 0 Å². The van der Waals surface area contributed by atoms with Crippen molar-refractivity contribution in [2.24, 2.45) is 0 Å². The van der Waals surface area contributed by atoms with Crippen LogP contribution >= 0.6 is 0 Å². The fourth-order valence-corrected chi connectivity index (χ4v) is 10.6. The van der Waals surface area contributed by atoms with Crippen molar-refractivity contribution in [3.8, 4) is 61.3 Å². The fourth-order valence-electron chi connectivity index (χ4n) is 10.6. The highest BCUT2D eigenvalue weighted by Gasteiger charge is 2.21. The lowest BCUT2D eigenvalue weighted by Gasteiger charge is -2.27. The number of anilines is 3. The molecule has 0 radical (unpaired) electrons. The van der Waals surface area contributed by atoms with Gasteiger partial charge in [-0.3, -0.25) is 0 Å². The first-order valence-electron chi connectivity index (χ1n) is 24.1. The van der Waals surface area contributed by atoms with Crippen LogP contribution in [-0.4, -0.2) is 4.57 Å². The Hall–Kier alpha value is -9.24. The van der Waals surface area contributed by atoms with Gasteiger partial charge in [0, 0.05) is 33.5 Å². The van der Waals surface area contributed by atoms with E-state index < -0.39 is 0 Å². The van der Waals surface area contributed by atoms with Crippen LogP contribution in [0.2, 0.25) is 0 Å². The fraction of sp³-hybridized carbons (Fsp3) is 0. The highest BCUT2D eigenvalue weighted by molar-refractivity contribution is 6.25. The van der Waals surface area contributed by atoms with Gasteiger partial charge in [0.2, 0.25) is 0 Å². The Morgan fingerprint density at radius 2 is 0.729 bits per heavy atom. The molecule has 13 aromatic rings. The number of hydrogen-bond donors (Lipinski definition) is 0. The summed E-state index contributed by atoms with van der Waals surface area (Å²) in [6, 6.07) is 102. The molecule has 0 bridgehead atoms. The summed E-state index contributed by atoms with van der Waals surface area (Å²) in [5, 5.41) is 7.50. The summed E-state index contributed by atoms with van der Waals surface area (Å²) in [5.74, 6) is 0. The molecule has 328 valence electrons. The second kappa shape index (κ2) is 17.4. The van der Waals surface area contributed by atoms with Crippen molar-refractivity contribution >= 4 is 60.4 Å². The molecule has 0 unspecified atom stereocenters. The summed E-state index contributed by atoms with van der Waals surface area (Å²) in [4.78, 5) is 2.43. The van der Waals surface area contributed by atoms with Crippen LogP contribution in [0.25, 0.3) is 105 Å². The third-order valence-corrected chi connectivity index (χ3v) is 13.9. The summed E-state index contributed by atoms with van der Waals surface area (Å²) in [6.07, 6.45) is 0. The molecule has 12 aromatic carbocycles. The van der Waals surface area contributed by atoms with Crippen molar-refractivity contribution in [1.82, 2.24) is 4.57 Å². The molecule has 0 atom stereocenters. The molecule has 2 heteroatoms. The Labute approximate surface area is 408 Å². The van der Waals surface area contributed by atoms with Gasteiger partial charge in [-0.25, -0.2) is 0 Å². The van der Waals surface area contributed by atoms with Crippen molar-refractivity contribution in [3.05, 3.63) is 279 Å². The molecule has 0 saturated carbocycles. The van der Waals surface area contributed by atoms with Gasteiger partial charge in [-0.05, 0) is 144 Å². The van der Waals surface area contributed by atoms with E-state index in [1.54, 1.807) is 0 Å². The van der Waals surface area contributed by atoms with E-state index in [9.17, 15) is 0 Å². The minimum absolute atomic E-state index is 1.07. The average molecular weight is 891 g/mol. The number of para-hydroxylation sites is 1. The van der Waals surface area contributed by atoms with Crippen LogP contribution in [0.1, 0.15) is 0 Å². The van der Waals surface area contributed by atoms with Crippen molar-refractivity contribution in [2.45, 2.75) is 0 Å². The predicted molar refractivity (Wildman–Crippen MR) is 298 cm³/mol. The lowest BCUT2D eigenvalue weighted by molar-refractivity contribution is 1.18. The molecule has 0 aliphatic carbocycles. The maximum Gasteiger partial charge on any atom is 0.0547 e. The van der Waals surface area contributed by atoms with Crippen LogP contribution < -0.4 is 4.90 Å². The van der Waals surface area contributed by atoms with Gasteiger partial charge in [0.25, 0.3) is 0 Å². The van der Waals surface area contributed by atoms with Gasteiger partial charge in [0.1, 0.15) is 0 Å². The third kappa shape index (κ3) is 7.31. The van der Waals surface area contributed by atoms with Crippen LogP contribution in [0.15, 0.2) is 279 Å². The Morgan fingerprint density at radius 3 is 1.43 bits per heavy atom. The first-order valence-corrected chi connectivity index (χ1v) is 24.1. The molecular weight excluding hydrogens is 845 g/mol. The smallest absolute Gasteiger partial charge is 0.0547 e. The standard InChI is InChI=1S/C68H46N2/c1-4-17-47(18-5-1)55-43-56(48-19-6-2-7-20-48)46-60(45-55)69(58-40-37-50(38-41-58)49-33-35-53(36-34-49)62-30-15-23-51-21-10-12-28-61(51)62)59-27-14-24-54(44-59)64-31-16-32-65-68(64)67-63-29-13-11-22-52(63)39-42-66(67)70(65)57-25-8-3-9-26-57/h1-46H. The molecule has 0 N–H and O–H groups in total. The Balaban J connectivity index is 0.981. The quantitative estimate of drug-likeness (QED) is 0.140. The van der Waals surface area contributed by atoms with E-state index in [0.29, 0.717) is 0 Å². The monoisotopic (exact) mass is 890 g/mol. The Morgan fingerprint density at radius 1 is 0.243 bits per heavy atom. The van der Waals surface area contributed by atoms with Crippen LogP contribution in [0.5, 0.6) is 0 Å². The number of aromatic nitrogens is 1. The van der Waals surface area contributed by atoms with Crippen LogP contribution in [0.4, 0.5) is 17.1 Å². The molecular formula is C68H46N2. The van der Waals surface area contributed by atoms with Crippen LogP contribution in [0.3, 0.4) is 0 Å². The number of benzene rings is 12. The normalized spacial score (nSPS) is 11.4. The van der Waals surface area contributed by atoms with Crippen molar-refractivity contribution < 1.29 is 0 Å². The molecule has 0 saturated heterocycles. The number of rotatable bonds is 9. The van der Waals surface area contributed by atoms with E-state index in [1.807, 2.05) is 0 Å². The largest absolute Gasteiger partial charge is 0.310 e. The zero-order chi connectivity index (χ0) is 46.4. The van der Waals surface area contributed by atoms with Gasteiger partial charge in [-0.1, -0.05) is 212 Å². The van der Waals surface area contributed by atoms with Crippen LogP contribution in [0, 0.1) is 0 Å². The minimum Gasteiger partial charge on any atom is -0.310 e. The summed E-state index contributed by atoms with van der Waals surface area (Å²) < 4.78 is 2.43. The van der Waals surface area contributed by atoms with Crippen molar-refractivity contribution in [3.63, 3.8) is 0 Å². The van der Waals surface area contributed by atoms with Gasteiger partial charge in [0.15, 0.2) is 0 Å². The molecule has 2 nitrogen and oxygen atoms in total. The van der Waals surface area contributed by atoms with E-state index in [2.05, 4.69) is 289 Å². The first-order chi connectivity index (χ1) is 34.7. The lowest BCUT2D eigenvalue weighted by Crippen LogP contribution is -2.10.